The standard InChI is InChI=1S/C16H21N3O2S/c17-22(20,21)19-10-4-9-18(11-12-19)13-15-7-3-6-14-5-1-2-8-16(14)15/h1-3,5-8H,4,9-13H2,(H2,17,20,21). The zero-order chi connectivity index (χ0) is 15.6. The summed E-state index contributed by atoms with van der Waals surface area (Å²) in [5.41, 5.74) is 1.28. The number of nitrogens with two attached hydrogens (primary N) is 1. The first-order chi connectivity index (χ1) is 10.5. The molecule has 22 heavy (non-hydrogen) atoms. The molecule has 0 unspecified atom stereocenters. The Kier molecular flexibility index (Phi) is 4.44. The molecule has 0 bridgehead atoms. The molecule has 5 nitrogen and oxygen atoms in total. The Morgan fingerprint density at radius 1 is 0.955 bits per heavy atom. The van der Waals surface area contributed by atoms with Gasteiger partial charge in [0.2, 0.25) is 0 Å². The summed E-state index contributed by atoms with van der Waals surface area (Å²) in [7, 11) is -3.57. The molecule has 2 aromatic rings. The minimum absolute atomic E-state index is 0.462. The van der Waals surface area contributed by atoms with Crippen LogP contribution in [0.2, 0.25) is 0 Å². The third-order valence-corrected chi connectivity index (χ3v) is 5.27. The predicted molar refractivity (Wildman–Crippen MR) is 88.5 cm³/mol. The SMILES string of the molecule is NS(=O)(=O)N1CCCN(Cc2cccc3ccccc23)CC1. The molecule has 2 N–H and O–H groups in total. The van der Waals surface area contributed by atoms with Gasteiger partial charge in [-0.3, -0.25) is 4.90 Å². The van der Waals surface area contributed by atoms with Crippen molar-refractivity contribution in [2.75, 3.05) is 26.2 Å². The Balaban J connectivity index is 1.75. The largest absolute Gasteiger partial charge is 0.298 e. The first-order valence-corrected chi connectivity index (χ1v) is 9.01. The van der Waals surface area contributed by atoms with Gasteiger partial charge in [0.1, 0.15) is 0 Å². The number of nitrogens with zero attached hydrogens (tertiary/aromatic N) is 2. The van der Waals surface area contributed by atoms with Crippen molar-refractivity contribution in [2.24, 2.45) is 5.14 Å². The number of rotatable bonds is 3. The summed E-state index contributed by atoms with van der Waals surface area (Å²) in [6, 6.07) is 14.7. The Hall–Kier alpha value is -1.47. The molecule has 118 valence electrons. The normalized spacial score (nSPS) is 18.4. The van der Waals surface area contributed by atoms with Crippen molar-refractivity contribution < 1.29 is 8.42 Å². The summed E-state index contributed by atoms with van der Waals surface area (Å²) in [5.74, 6) is 0. The van der Waals surface area contributed by atoms with Gasteiger partial charge in [-0.15, -0.1) is 0 Å². The second-order valence-electron chi connectivity index (χ2n) is 5.71. The molecule has 1 aliphatic rings. The average Bonchev–Trinajstić information content (AvgIpc) is 2.73. The average molecular weight is 319 g/mol. The second-order valence-corrected chi connectivity index (χ2v) is 7.26. The molecule has 0 aromatic heterocycles. The summed E-state index contributed by atoms with van der Waals surface area (Å²) < 4.78 is 24.3. The zero-order valence-electron chi connectivity index (χ0n) is 12.5. The molecule has 0 amide bonds. The van der Waals surface area contributed by atoms with Crippen LogP contribution >= 0.6 is 0 Å². The van der Waals surface area contributed by atoms with Gasteiger partial charge in [-0.05, 0) is 29.3 Å². The minimum atomic E-state index is -3.57. The van der Waals surface area contributed by atoms with Crippen LogP contribution in [0.25, 0.3) is 10.8 Å². The summed E-state index contributed by atoms with van der Waals surface area (Å²) in [6.07, 6.45) is 0.807. The molecule has 1 heterocycles. The highest BCUT2D eigenvalue weighted by atomic mass is 32.2. The Labute approximate surface area is 131 Å². The van der Waals surface area contributed by atoms with Gasteiger partial charge < -0.3 is 0 Å². The maximum atomic E-state index is 11.5. The van der Waals surface area contributed by atoms with Crippen LogP contribution in [0.15, 0.2) is 42.5 Å². The lowest BCUT2D eigenvalue weighted by atomic mass is 10.0. The Morgan fingerprint density at radius 3 is 2.55 bits per heavy atom. The van der Waals surface area contributed by atoms with Crippen molar-refractivity contribution >= 4 is 21.0 Å². The van der Waals surface area contributed by atoms with E-state index < -0.39 is 10.2 Å². The monoisotopic (exact) mass is 319 g/mol. The zero-order valence-corrected chi connectivity index (χ0v) is 13.3. The molecule has 1 aliphatic heterocycles. The van der Waals surface area contributed by atoms with Crippen LogP contribution in [0.1, 0.15) is 12.0 Å². The van der Waals surface area contributed by atoms with Crippen molar-refractivity contribution in [1.29, 1.82) is 0 Å². The maximum absolute atomic E-state index is 11.5. The quantitative estimate of drug-likeness (QED) is 0.933. The molecular formula is C16H21N3O2S. The van der Waals surface area contributed by atoms with Gasteiger partial charge in [-0.1, -0.05) is 42.5 Å². The fourth-order valence-electron chi connectivity index (χ4n) is 3.03. The Morgan fingerprint density at radius 2 is 1.73 bits per heavy atom. The van der Waals surface area contributed by atoms with Gasteiger partial charge in [-0.25, -0.2) is 5.14 Å². The van der Waals surface area contributed by atoms with Crippen LogP contribution in [0, 0.1) is 0 Å². The van der Waals surface area contributed by atoms with Gasteiger partial charge in [0.15, 0.2) is 0 Å². The molecule has 0 radical (unpaired) electrons. The molecule has 1 fully saturated rings. The topological polar surface area (TPSA) is 66.6 Å². The van der Waals surface area contributed by atoms with E-state index in [1.54, 1.807) is 0 Å². The van der Waals surface area contributed by atoms with E-state index in [9.17, 15) is 8.42 Å². The number of benzene rings is 2. The van der Waals surface area contributed by atoms with E-state index in [4.69, 9.17) is 5.14 Å². The van der Waals surface area contributed by atoms with Crippen molar-refractivity contribution in [3.05, 3.63) is 48.0 Å². The highest BCUT2D eigenvalue weighted by Crippen LogP contribution is 2.20. The lowest BCUT2D eigenvalue weighted by molar-refractivity contribution is 0.279. The highest BCUT2D eigenvalue weighted by Gasteiger charge is 2.21. The van der Waals surface area contributed by atoms with Gasteiger partial charge in [0, 0.05) is 26.2 Å². The molecule has 6 heteroatoms. The molecule has 1 saturated heterocycles. The van der Waals surface area contributed by atoms with Crippen molar-refractivity contribution in [3.8, 4) is 0 Å². The molecule has 0 spiro atoms. The van der Waals surface area contributed by atoms with Crippen LogP contribution in [-0.2, 0) is 16.8 Å². The Bertz CT molecular complexity index is 756. The smallest absolute Gasteiger partial charge is 0.276 e. The summed E-state index contributed by atoms with van der Waals surface area (Å²) in [5, 5.41) is 7.73. The molecule has 2 aromatic carbocycles. The van der Waals surface area contributed by atoms with Crippen LogP contribution in [0.3, 0.4) is 0 Å². The summed E-state index contributed by atoms with van der Waals surface area (Å²) in [4.78, 5) is 2.30. The first-order valence-electron chi connectivity index (χ1n) is 7.51. The van der Waals surface area contributed by atoms with Crippen molar-refractivity contribution in [2.45, 2.75) is 13.0 Å². The van der Waals surface area contributed by atoms with Gasteiger partial charge in [-0.2, -0.15) is 12.7 Å². The fraction of sp³-hybridized carbons (Fsp3) is 0.375. The predicted octanol–water partition coefficient (Wildman–Crippen LogP) is 1.55. The number of fused-ring (bicyclic) bond motifs is 1. The van der Waals surface area contributed by atoms with E-state index in [0.29, 0.717) is 19.6 Å². The second kappa shape index (κ2) is 6.34. The lowest BCUT2D eigenvalue weighted by Crippen LogP contribution is -2.39. The molecule has 3 rings (SSSR count). The van der Waals surface area contributed by atoms with E-state index in [2.05, 4.69) is 41.3 Å². The van der Waals surface area contributed by atoms with Gasteiger partial charge in [0.25, 0.3) is 10.2 Å². The number of hydrogen-bond donors (Lipinski definition) is 1. The third kappa shape index (κ3) is 3.47. The van der Waals surface area contributed by atoms with Gasteiger partial charge in [0.05, 0.1) is 0 Å². The summed E-state index contributed by atoms with van der Waals surface area (Å²) >= 11 is 0. The highest BCUT2D eigenvalue weighted by molar-refractivity contribution is 7.86. The van der Waals surface area contributed by atoms with Crippen LogP contribution in [0.5, 0.6) is 0 Å². The van der Waals surface area contributed by atoms with E-state index in [1.165, 1.54) is 20.6 Å². The maximum Gasteiger partial charge on any atom is 0.276 e. The van der Waals surface area contributed by atoms with Crippen LogP contribution in [-0.4, -0.2) is 43.8 Å². The van der Waals surface area contributed by atoms with E-state index in [1.807, 2.05) is 6.07 Å². The van der Waals surface area contributed by atoms with Gasteiger partial charge >= 0.3 is 0 Å². The van der Waals surface area contributed by atoms with Crippen LogP contribution in [0.4, 0.5) is 0 Å². The third-order valence-electron chi connectivity index (χ3n) is 4.18. The van der Waals surface area contributed by atoms with Crippen molar-refractivity contribution in [3.63, 3.8) is 0 Å². The molecule has 0 aliphatic carbocycles. The van der Waals surface area contributed by atoms with Crippen molar-refractivity contribution in [1.82, 2.24) is 9.21 Å². The lowest BCUT2D eigenvalue weighted by Gasteiger charge is -2.21. The first kappa shape index (κ1) is 15.4. The molecule has 0 saturated carbocycles. The molecule has 0 atom stereocenters. The molecular weight excluding hydrogens is 298 g/mol. The minimum Gasteiger partial charge on any atom is -0.298 e. The van der Waals surface area contributed by atoms with E-state index in [0.717, 1.165) is 19.5 Å². The van der Waals surface area contributed by atoms with Crippen LogP contribution < -0.4 is 5.14 Å². The van der Waals surface area contributed by atoms with E-state index >= 15 is 0 Å². The van der Waals surface area contributed by atoms with E-state index in [-0.39, 0.29) is 0 Å². The number of hydrogen-bond acceptors (Lipinski definition) is 3. The fourth-order valence-corrected chi connectivity index (χ4v) is 3.75. The summed E-state index contributed by atoms with van der Waals surface area (Å²) in [6.45, 7) is 3.39.